The predicted octanol–water partition coefficient (Wildman–Crippen LogP) is 3.33. The lowest BCUT2D eigenvalue weighted by Gasteiger charge is -2.37. The average Bonchev–Trinajstić information content (AvgIpc) is 2.75. The Morgan fingerprint density at radius 2 is 1.87 bits per heavy atom. The number of aliphatic imine (C=N–C) groups is 1. The van der Waals surface area contributed by atoms with Crippen LogP contribution in [-0.2, 0) is 6.54 Å². The van der Waals surface area contributed by atoms with Crippen molar-refractivity contribution in [3.05, 3.63) is 47.0 Å². The Kier molecular flexibility index (Phi) is 7.76. The quantitative estimate of drug-likeness (QED) is 0.351. The van der Waals surface area contributed by atoms with Crippen molar-refractivity contribution in [3.63, 3.8) is 0 Å². The van der Waals surface area contributed by atoms with Gasteiger partial charge in [0.25, 0.3) is 0 Å². The number of benzene rings is 2. The van der Waals surface area contributed by atoms with Crippen LogP contribution in [0.5, 0.6) is 17.2 Å². The Labute approximate surface area is 198 Å². The minimum absolute atomic E-state index is 0. The predicted molar refractivity (Wildman–Crippen MR) is 130 cm³/mol. The van der Waals surface area contributed by atoms with Gasteiger partial charge in [0.15, 0.2) is 17.5 Å². The molecule has 4 rings (SSSR count). The Morgan fingerprint density at radius 1 is 1.13 bits per heavy atom. The van der Waals surface area contributed by atoms with Crippen LogP contribution in [0.2, 0.25) is 5.02 Å². The summed E-state index contributed by atoms with van der Waals surface area (Å²) in [5.41, 5.74) is 1.88. The van der Waals surface area contributed by atoms with Crippen molar-refractivity contribution in [1.29, 1.82) is 0 Å². The highest BCUT2D eigenvalue weighted by Gasteiger charge is 2.22. The number of anilines is 1. The number of hydrogen-bond donors (Lipinski definition) is 2. The van der Waals surface area contributed by atoms with Crippen LogP contribution < -0.4 is 19.7 Å². The monoisotopic (exact) mass is 544 g/mol. The third kappa shape index (κ3) is 4.97. The molecule has 1 saturated heterocycles. The molecule has 2 heterocycles. The molecule has 0 unspecified atom stereocenters. The summed E-state index contributed by atoms with van der Waals surface area (Å²) in [6.45, 7) is 4.89. The number of piperazine rings is 1. The van der Waals surface area contributed by atoms with E-state index in [4.69, 9.17) is 21.1 Å². The van der Waals surface area contributed by atoms with Crippen LogP contribution in [-0.4, -0.2) is 62.4 Å². The Hall–Kier alpha value is -2.07. The molecule has 0 amide bonds. The second-order valence-corrected chi connectivity index (χ2v) is 7.37. The van der Waals surface area contributed by atoms with Crippen molar-refractivity contribution < 1.29 is 14.6 Å². The number of nitrogens with one attached hydrogen (secondary N) is 1. The zero-order chi connectivity index (χ0) is 20.2. The van der Waals surface area contributed by atoms with Crippen LogP contribution in [0.15, 0.2) is 41.4 Å². The molecule has 0 spiro atoms. The zero-order valence-electron chi connectivity index (χ0n) is 16.8. The number of nitrogens with zero attached hydrogens (tertiary/aromatic N) is 3. The second-order valence-electron chi connectivity index (χ2n) is 6.97. The van der Waals surface area contributed by atoms with Crippen LogP contribution in [0.3, 0.4) is 0 Å². The number of halogens is 2. The molecule has 2 aliphatic heterocycles. The van der Waals surface area contributed by atoms with Crippen LogP contribution >= 0.6 is 35.6 Å². The number of phenols is 1. The highest BCUT2D eigenvalue weighted by atomic mass is 127. The van der Waals surface area contributed by atoms with E-state index in [1.807, 2.05) is 30.3 Å². The van der Waals surface area contributed by atoms with Crippen LogP contribution in [0, 0.1) is 0 Å². The van der Waals surface area contributed by atoms with Crippen molar-refractivity contribution >= 4 is 47.2 Å². The van der Waals surface area contributed by atoms with Gasteiger partial charge in [-0.3, -0.25) is 4.99 Å². The van der Waals surface area contributed by atoms with Gasteiger partial charge in [-0.15, -0.1) is 24.0 Å². The van der Waals surface area contributed by atoms with Gasteiger partial charge in [0.05, 0.1) is 10.7 Å². The van der Waals surface area contributed by atoms with Crippen LogP contribution in [0.25, 0.3) is 0 Å². The summed E-state index contributed by atoms with van der Waals surface area (Å²) < 4.78 is 11.2. The molecule has 2 aromatic rings. The molecule has 0 aromatic heterocycles. The zero-order valence-corrected chi connectivity index (χ0v) is 19.9. The highest BCUT2D eigenvalue weighted by Crippen LogP contribution is 2.38. The van der Waals surface area contributed by atoms with Crippen LogP contribution in [0.4, 0.5) is 5.69 Å². The van der Waals surface area contributed by atoms with E-state index in [0.29, 0.717) is 42.0 Å². The molecule has 0 bridgehead atoms. The van der Waals surface area contributed by atoms with Gasteiger partial charge < -0.3 is 29.7 Å². The lowest BCUT2D eigenvalue weighted by Crippen LogP contribution is -2.52. The molecule has 2 aromatic carbocycles. The molecule has 9 heteroatoms. The molecule has 162 valence electrons. The third-order valence-corrected chi connectivity index (χ3v) is 5.40. The first-order valence-corrected chi connectivity index (χ1v) is 10.1. The number of rotatable bonds is 3. The Bertz CT molecular complexity index is 904. The maximum absolute atomic E-state index is 10.1. The number of ether oxygens (including phenoxy) is 2. The van der Waals surface area contributed by atoms with Gasteiger partial charge in [0.1, 0.15) is 19.0 Å². The molecule has 0 aliphatic carbocycles. The first-order valence-electron chi connectivity index (χ1n) is 9.72. The summed E-state index contributed by atoms with van der Waals surface area (Å²) >= 11 is 6.33. The van der Waals surface area contributed by atoms with Gasteiger partial charge in [0.2, 0.25) is 0 Å². The smallest absolute Gasteiger partial charge is 0.194 e. The lowest BCUT2D eigenvalue weighted by molar-refractivity contribution is 0.171. The molecule has 30 heavy (non-hydrogen) atoms. The van der Waals surface area contributed by atoms with Crippen LogP contribution in [0.1, 0.15) is 5.56 Å². The third-order valence-electron chi connectivity index (χ3n) is 5.12. The minimum Gasteiger partial charge on any atom is -0.506 e. The van der Waals surface area contributed by atoms with Gasteiger partial charge in [-0.2, -0.15) is 0 Å². The summed E-state index contributed by atoms with van der Waals surface area (Å²) in [4.78, 5) is 8.84. The van der Waals surface area contributed by atoms with E-state index in [0.717, 1.165) is 43.4 Å². The summed E-state index contributed by atoms with van der Waals surface area (Å²) in [5, 5.41) is 14.0. The van der Waals surface area contributed by atoms with Gasteiger partial charge in [-0.05, 0) is 29.8 Å². The second kappa shape index (κ2) is 10.3. The normalized spacial score (nSPS) is 16.1. The maximum Gasteiger partial charge on any atom is 0.194 e. The van der Waals surface area contributed by atoms with E-state index in [9.17, 15) is 5.11 Å². The number of aromatic hydroxyl groups is 1. The standard InChI is InChI=1S/C21H25ClN4O3.HI/c1-23-21(24-14-15-12-16(22)20-19(13-15)28-10-11-29-20)26-8-6-25(7-9-26)17-4-2-3-5-18(17)27;/h2-5,12-13,27H,6-11,14H2,1H3,(H,23,24);1H. The first kappa shape index (κ1) is 22.6. The van der Waals surface area contributed by atoms with E-state index >= 15 is 0 Å². The fourth-order valence-electron chi connectivity index (χ4n) is 3.67. The molecule has 0 saturated carbocycles. The maximum atomic E-state index is 10.1. The lowest BCUT2D eigenvalue weighted by atomic mass is 10.2. The van der Waals surface area contributed by atoms with E-state index < -0.39 is 0 Å². The van der Waals surface area contributed by atoms with E-state index in [1.165, 1.54) is 0 Å². The highest BCUT2D eigenvalue weighted by molar-refractivity contribution is 14.0. The van der Waals surface area contributed by atoms with E-state index in [2.05, 4.69) is 20.1 Å². The Morgan fingerprint density at radius 3 is 2.60 bits per heavy atom. The number of phenolic OH excluding ortho intramolecular Hbond substituents is 1. The van der Waals surface area contributed by atoms with E-state index in [-0.39, 0.29) is 24.0 Å². The fourth-order valence-corrected chi connectivity index (χ4v) is 3.96. The molecule has 0 radical (unpaired) electrons. The topological polar surface area (TPSA) is 69.6 Å². The van der Waals surface area contributed by atoms with Crippen molar-refractivity contribution in [2.24, 2.45) is 4.99 Å². The van der Waals surface area contributed by atoms with Crippen molar-refractivity contribution in [2.75, 3.05) is 51.3 Å². The van der Waals surface area contributed by atoms with Gasteiger partial charge >= 0.3 is 0 Å². The van der Waals surface area contributed by atoms with Crippen molar-refractivity contribution in [1.82, 2.24) is 10.2 Å². The molecule has 2 N–H and O–H groups in total. The number of para-hydroxylation sites is 2. The van der Waals surface area contributed by atoms with Gasteiger partial charge in [0, 0.05) is 39.8 Å². The minimum atomic E-state index is 0. The molecule has 2 aliphatic rings. The Balaban J connectivity index is 0.00000256. The SMILES string of the molecule is CN=C(NCc1cc(Cl)c2c(c1)OCCO2)N1CCN(c2ccccc2O)CC1.I. The number of fused-ring (bicyclic) bond motifs is 1. The average molecular weight is 545 g/mol. The van der Waals surface area contributed by atoms with E-state index in [1.54, 1.807) is 13.1 Å². The van der Waals surface area contributed by atoms with Gasteiger partial charge in [-0.25, -0.2) is 0 Å². The largest absolute Gasteiger partial charge is 0.506 e. The molecule has 7 nitrogen and oxygen atoms in total. The summed E-state index contributed by atoms with van der Waals surface area (Å²) in [6, 6.07) is 11.3. The summed E-state index contributed by atoms with van der Waals surface area (Å²) in [6.07, 6.45) is 0. The van der Waals surface area contributed by atoms with Gasteiger partial charge in [-0.1, -0.05) is 23.7 Å². The first-order chi connectivity index (χ1) is 14.2. The molecular weight excluding hydrogens is 519 g/mol. The molecular formula is C21H26ClIN4O3. The van der Waals surface area contributed by atoms with Crippen molar-refractivity contribution in [2.45, 2.75) is 6.54 Å². The summed E-state index contributed by atoms with van der Waals surface area (Å²) in [7, 11) is 1.79. The summed E-state index contributed by atoms with van der Waals surface area (Å²) in [5.74, 6) is 2.46. The van der Waals surface area contributed by atoms with Crippen molar-refractivity contribution in [3.8, 4) is 17.2 Å². The number of guanidine groups is 1. The fraction of sp³-hybridized carbons (Fsp3) is 0.381. The molecule has 0 atom stereocenters. The molecule has 1 fully saturated rings. The number of hydrogen-bond acceptors (Lipinski definition) is 5.